The van der Waals surface area contributed by atoms with E-state index in [-0.39, 0.29) is 22.7 Å². The molecule has 0 saturated carbocycles. The normalized spacial score (nSPS) is 12.1. The van der Waals surface area contributed by atoms with Gasteiger partial charge in [0.2, 0.25) is 0 Å². The van der Waals surface area contributed by atoms with E-state index in [1.54, 1.807) is 30.3 Å². The summed E-state index contributed by atoms with van der Waals surface area (Å²) in [6, 6.07) is 19.9. The van der Waals surface area contributed by atoms with Gasteiger partial charge in [-0.2, -0.15) is 0 Å². The molecule has 0 aliphatic carbocycles. The quantitative estimate of drug-likeness (QED) is 0.578. The molecule has 0 amide bonds. The van der Waals surface area contributed by atoms with E-state index in [4.69, 9.17) is 0 Å². The molecule has 0 atom stereocenters. The summed E-state index contributed by atoms with van der Waals surface area (Å²) in [7, 11) is 0. The summed E-state index contributed by atoms with van der Waals surface area (Å²) in [5.41, 5.74) is 3.08. The average Bonchev–Trinajstić information content (AvgIpc) is 2.62. The molecule has 3 N–H and O–H groups in total. The molecule has 3 heteroatoms. The smallest absolute Gasteiger partial charge is 0.119 e. The van der Waals surface area contributed by atoms with Gasteiger partial charge in [-0.3, -0.25) is 0 Å². The highest BCUT2D eigenvalue weighted by Gasteiger charge is 2.35. The largest absolute Gasteiger partial charge is 0.508 e. The van der Waals surface area contributed by atoms with E-state index in [0.29, 0.717) is 0 Å². The molecule has 3 aromatic carbocycles. The zero-order valence-corrected chi connectivity index (χ0v) is 16.2. The van der Waals surface area contributed by atoms with E-state index >= 15 is 0 Å². The molecular weight excluding hydrogens is 336 g/mol. The van der Waals surface area contributed by atoms with Crippen molar-refractivity contribution in [3.05, 3.63) is 89.0 Å². The summed E-state index contributed by atoms with van der Waals surface area (Å²) in [6.45, 7) is 8.38. The lowest BCUT2D eigenvalue weighted by atomic mass is 9.68. The van der Waals surface area contributed by atoms with E-state index in [1.807, 2.05) is 36.4 Å². The van der Waals surface area contributed by atoms with Crippen LogP contribution in [-0.4, -0.2) is 15.3 Å². The third kappa shape index (κ3) is 3.37. The topological polar surface area (TPSA) is 60.7 Å². The summed E-state index contributed by atoms with van der Waals surface area (Å²) in [5.74, 6) is 0.698. The fraction of sp³-hybridized carbons (Fsp3) is 0.250. The Labute approximate surface area is 160 Å². The first-order chi connectivity index (χ1) is 12.6. The van der Waals surface area contributed by atoms with Crippen LogP contribution in [0.5, 0.6) is 17.2 Å². The van der Waals surface area contributed by atoms with E-state index in [0.717, 1.165) is 22.3 Å². The molecule has 0 radical (unpaired) electrons. The lowest BCUT2D eigenvalue weighted by molar-refractivity contribution is 0.445. The van der Waals surface area contributed by atoms with E-state index in [1.165, 1.54) is 0 Å². The van der Waals surface area contributed by atoms with Gasteiger partial charge in [0.25, 0.3) is 0 Å². The maximum absolute atomic E-state index is 10.8. The number of phenols is 3. The van der Waals surface area contributed by atoms with Crippen molar-refractivity contribution in [1.29, 1.82) is 0 Å². The van der Waals surface area contributed by atoms with Crippen LogP contribution in [0, 0.1) is 0 Å². The van der Waals surface area contributed by atoms with Gasteiger partial charge in [0, 0.05) is 16.4 Å². The minimum absolute atomic E-state index is 0.219. The van der Waals surface area contributed by atoms with Crippen LogP contribution in [0.1, 0.15) is 49.9 Å². The van der Waals surface area contributed by atoms with Gasteiger partial charge in [0.15, 0.2) is 0 Å². The van der Waals surface area contributed by atoms with Crippen molar-refractivity contribution in [1.82, 2.24) is 0 Å². The molecule has 27 heavy (non-hydrogen) atoms. The van der Waals surface area contributed by atoms with Crippen LogP contribution in [0.25, 0.3) is 0 Å². The van der Waals surface area contributed by atoms with Crippen LogP contribution in [0.2, 0.25) is 0 Å². The van der Waals surface area contributed by atoms with Gasteiger partial charge in [-0.15, -0.1) is 0 Å². The van der Waals surface area contributed by atoms with Crippen molar-refractivity contribution >= 4 is 0 Å². The van der Waals surface area contributed by atoms with Crippen LogP contribution >= 0.6 is 0 Å². The molecule has 140 valence electrons. The second kappa shape index (κ2) is 6.66. The Hall–Kier alpha value is -2.94. The number of phenolic OH excluding ortho intramolecular Hbond substituents is 3. The second-order valence-corrected chi connectivity index (χ2v) is 8.04. The van der Waals surface area contributed by atoms with Crippen LogP contribution in [0.3, 0.4) is 0 Å². The maximum Gasteiger partial charge on any atom is 0.119 e. The van der Waals surface area contributed by atoms with Crippen molar-refractivity contribution in [3.63, 3.8) is 0 Å². The Morgan fingerprint density at radius 1 is 0.556 bits per heavy atom. The number of aromatic hydroxyl groups is 3. The number of hydrogen-bond donors (Lipinski definition) is 3. The van der Waals surface area contributed by atoms with Crippen LogP contribution in [0.4, 0.5) is 0 Å². The third-order valence-electron chi connectivity index (χ3n) is 5.52. The van der Waals surface area contributed by atoms with Gasteiger partial charge in [0.05, 0.1) is 0 Å². The van der Waals surface area contributed by atoms with Gasteiger partial charge >= 0.3 is 0 Å². The third-order valence-corrected chi connectivity index (χ3v) is 5.52. The van der Waals surface area contributed by atoms with E-state index < -0.39 is 5.41 Å². The van der Waals surface area contributed by atoms with Gasteiger partial charge in [-0.1, -0.05) is 64.1 Å². The molecule has 0 aliphatic rings. The number of benzene rings is 3. The molecule has 0 saturated heterocycles. The predicted octanol–water partition coefficient (Wildman–Crippen LogP) is 5.46. The lowest BCUT2D eigenvalue weighted by Crippen LogP contribution is -2.28. The van der Waals surface area contributed by atoms with Gasteiger partial charge < -0.3 is 15.3 Å². The standard InChI is InChI=1S/C24H26O3/c1-23(2,16-8-12-18(25)13-9-16)20-6-5-7-21(27)22(20)24(3,4)17-10-14-19(26)15-11-17/h5-15,25-27H,1-4H3. The molecule has 3 rings (SSSR count). The monoisotopic (exact) mass is 362 g/mol. The molecule has 0 unspecified atom stereocenters. The Bertz CT molecular complexity index is 936. The SMILES string of the molecule is CC(C)(c1ccc(O)cc1)c1cccc(O)c1C(C)(C)c1ccc(O)cc1. The highest BCUT2D eigenvalue weighted by molar-refractivity contribution is 5.55. The van der Waals surface area contributed by atoms with Gasteiger partial charge in [-0.25, -0.2) is 0 Å². The fourth-order valence-electron chi connectivity index (χ4n) is 3.77. The Morgan fingerprint density at radius 3 is 1.48 bits per heavy atom. The van der Waals surface area contributed by atoms with Crippen molar-refractivity contribution in [2.75, 3.05) is 0 Å². The highest BCUT2D eigenvalue weighted by atomic mass is 16.3. The summed E-state index contributed by atoms with van der Waals surface area (Å²) < 4.78 is 0. The van der Waals surface area contributed by atoms with E-state index in [9.17, 15) is 15.3 Å². The molecule has 3 nitrogen and oxygen atoms in total. The first-order valence-corrected chi connectivity index (χ1v) is 9.06. The van der Waals surface area contributed by atoms with Crippen molar-refractivity contribution in [3.8, 4) is 17.2 Å². The lowest BCUT2D eigenvalue weighted by Gasteiger charge is -2.36. The van der Waals surface area contributed by atoms with Crippen molar-refractivity contribution in [2.24, 2.45) is 0 Å². The van der Waals surface area contributed by atoms with E-state index in [2.05, 4.69) is 27.7 Å². The fourth-order valence-corrected chi connectivity index (χ4v) is 3.77. The van der Waals surface area contributed by atoms with Crippen LogP contribution in [-0.2, 0) is 10.8 Å². The second-order valence-electron chi connectivity index (χ2n) is 8.04. The first-order valence-electron chi connectivity index (χ1n) is 9.06. The van der Waals surface area contributed by atoms with Crippen molar-refractivity contribution in [2.45, 2.75) is 38.5 Å². The molecule has 0 aliphatic heterocycles. The molecule has 3 aromatic rings. The number of hydrogen-bond acceptors (Lipinski definition) is 3. The van der Waals surface area contributed by atoms with Crippen molar-refractivity contribution < 1.29 is 15.3 Å². The summed E-state index contributed by atoms with van der Waals surface area (Å²) in [6.07, 6.45) is 0. The Kier molecular flexibility index (Phi) is 4.64. The summed E-state index contributed by atoms with van der Waals surface area (Å²) >= 11 is 0. The predicted molar refractivity (Wildman–Crippen MR) is 109 cm³/mol. The average molecular weight is 362 g/mol. The Morgan fingerprint density at radius 2 is 1.00 bits per heavy atom. The van der Waals surface area contributed by atoms with Crippen LogP contribution < -0.4 is 0 Å². The maximum atomic E-state index is 10.8. The van der Waals surface area contributed by atoms with Gasteiger partial charge in [0.1, 0.15) is 17.2 Å². The summed E-state index contributed by atoms with van der Waals surface area (Å²) in [5, 5.41) is 30.1. The van der Waals surface area contributed by atoms with Crippen LogP contribution in [0.15, 0.2) is 66.7 Å². The Balaban J connectivity index is 2.20. The highest BCUT2D eigenvalue weighted by Crippen LogP contribution is 2.45. The first kappa shape index (κ1) is 18.8. The zero-order chi connectivity index (χ0) is 19.8. The molecular formula is C24H26O3. The number of rotatable bonds is 4. The zero-order valence-electron chi connectivity index (χ0n) is 16.2. The molecule has 0 spiro atoms. The molecule has 0 aromatic heterocycles. The molecule has 0 bridgehead atoms. The van der Waals surface area contributed by atoms with Gasteiger partial charge in [-0.05, 0) is 47.0 Å². The summed E-state index contributed by atoms with van der Waals surface area (Å²) in [4.78, 5) is 0. The minimum Gasteiger partial charge on any atom is -0.508 e. The molecule has 0 heterocycles. The minimum atomic E-state index is -0.470. The molecule has 0 fully saturated rings.